The Morgan fingerprint density at radius 3 is 2.32 bits per heavy atom. The third-order valence-electron chi connectivity index (χ3n) is 2.30. The van der Waals surface area contributed by atoms with Crippen molar-refractivity contribution in [3.8, 4) is 0 Å². The molecule has 1 aromatic heterocycles. The second-order valence-electron chi connectivity index (χ2n) is 3.63. The Morgan fingerprint density at radius 2 is 1.84 bits per heavy atom. The van der Waals surface area contributed by atoms with Gasteiger partial charge in [0.25, 0.3) is 5.91 Å². The zero-order valence-electron chi connectivity index (χ0n) is 9.46. The number of benzene rings is 1. The van der Waals surface area contributed by atoms with Crippen molar-refractivity contribution < 1.29 is 17.6 Å². The van der Waals surface area contributed by atoms with Crippen molar-refractivity contribution in [1.82, 2.24) is 0 Å². The molecular formula is C11H9BrN2O4S. The van der Waals surface area contributed by atoms with E-state index in [9.17, 15) is 13.2 Å². The highest BCUT2D eigenvalue weighted by Crippen LogP contribution is 2.19. The second kappa shape index (κ2) is 5.16. The van der Waals surface area contributed by atoms with Gasteiger partial charge in [0, 0.05) is 5.69 Å². The molecule has 3 N–H and O–H groups in total. The van der Waals surface area contributed by atoms with E-state index in [2.05, 4.69) is 21.2 Å². The van der Waals surface area contributed by atoms with Crippen molar-refractivity contribution in [1.29, 1.82) is 0 Å². The number of carbonyl (C=O) groups excluding carboxylic acids is 1. The molecule has 0 aliphatic heterocycles. The van der Waals surface area contributed by atoms with Gasteiger partial charge in [0.2, 0.25) is 10.0 Å². The molecule has 0 fully saturated rings. The summed E-state index contributed by atoms with van der Waals surface area (Å²) in [6, 6.07) is 7.04. The van der Waals surface area contributed by atoms with Crippen LogP contribution in [0.2, 0.25) is 0 Å². The van der Waals surface area contributed by atoms with Crippen LogP contribution in [-0.2, 0) is 10.0 Å². The molecule has 0 spiro atoms. The van der Waals surface area contributed by atoms with E-state index in [1.165, 1.54) is 36.6 Å². The van der Waals surface area contributed by atoms with Crippen LogP contribution in [0.4, 0.5) is 5.69 Å². The van der Waals surface area contributed by atoms with Crippen molar-refractivity contribution in [2.45, 2.75) is 4.90 Å². The van der Waals surface area contributed by atoms with Gasteiger partial charge in [-0.25, -0.2) is 13.6 Å². The lowest BCUT2D eigenvalue weighted by molar-refractivity contribution is 0.102. The Balaban J connectivity index is 2.17. The summed E-state index contributed by atoms with van der Waals surface area (Å²) in [5, 5.41) is 7.57. The number of anilines is 1. The number of sulfonamides is 1. The zero-order valence-corrected chi connectivity index (χ0v) is 11.9. The molecule has 1 aromatic carbocycles. The highest BCUT2D eigenvalue weighted by atomic mass is 79.9. The van der Waals surface area contributed by atoms with Crippen LogP contribution >= 0.6 is 15.9 Å². The molecule has 0 aliphatic rings. The van der Waals surface area contributed by atoms with E-state index in [4.69, 9.17) is 9.56 Å². The van der Waals surface area contributed by atoms with Gasteiger partial charge in [-0.2, -0.15) is 0 Å². The number of carbonyl (C=O) groups is 1. The number of halogens is 1. The molecule has 2 aromatic rings. The maximum absolute atomic E-state index is 11.8. The topological polar surface area (TPSA) is 102 Å². The number of furan rings is 1. The number of nitrogens with two attached hydrogens (primary N) is 1. The summed E-state index contributed by atoms with van der Waals surface area (Å²) in [7, 11) is -3.73. The molecule has 2 rings (SSSR count). The van der Waals surface area contributed by atoms with Gasteiger partial charge in [0.15, 0.2) is 4.67 Å². The maximum Gasteiger partial charge on any atom is 0.260 e. The maximum atomic E-state index is 11.8. The van der Waals surface area contributed by atoms with Crippen molar-refractivity contribution in [2.75, 3.05) is 5.32 Å². The summed E-state index contributed by atoms with van der Waals surface area (Å²) in [5.41, 5.74) is 0.793. The standard InChI is InChI=1S/C11H9BrN2O4S/c12-10-9(5-6-18-10)11(15)14-7-1-3-8(4-2-7)19(13,16)17/h1-6H,(H,14,15)(H2,13,16,17). The lowest BCUT2D eigenvalue weighted by Gasteiger charge is -2.04. The van der Waals surface area contributed by atoms with E-state index in [0.29, 0.717) is 15.9 Å². The van der Waals surface area contributed by atoms with Gasteiger partial charge in [0.05, 0.1) is 16.7 Å². The number of primary sulfonamides is 1. The Kier molecular flexibility index (Phi) is 3.74. The molecule has 1 heterocycles. The fourth-order valence-electron chi connectivity index (χ4n) is 1.38. The van der Waals surface area contributed by atoms with E-state index in [-0.39, 0.29) is 10.8 Å². The fourth-order valence-corrected chi connectivity index (χ4v) is 2.32. The highest BCUT2D eigenvalue weighted by Gasteiger charge is 2.13. The molecule has 100 valence electrons. The SMILES string of the molecule is NS(=O)(=O)c1ccc(NC(=O)c2ccoc2Br)cc1. The fraction of sp³-hybridized carbons (Fsp3) is 0. The summed E-state index contributed by atoms with van der Waals surface area (Å²) in [4.78, 5) is 11.8. The molecular weight excluding hydrogens is 336 g/mol. The minimum atomic E-state index is -3.73. The third-order valence-corrected chi connectivity index (χ3v) is 3.85. The minimum Gasteiger partial charge on any atom is -0.457 e. The lowest BCUT2D eigenvalue weighted by atomic mass is 10.3. The van der Waals surface area contributed by atoms with Crippen LogP contribution in [0, 0.1) is 0 Å². The van der Waals surface area contributed by atoms with Crippen LogP contribution in [0.15, 0.2) is 50.6 Å². The molecule has 0 saturated carbocycles. The highest BCUT2D eigenvalue weighted by molar-refractivity contribution is 9.10. The molecule has 0 unspecified atom stereocenters. The number of nitrogens with one attached hydrogen (secondary N) is 1. The number of hydrogen-bond donors (Lipinski definition) is 2. The van der Waals surface area contributed by atoms with Gasteiger partial charge in [-0.15, -0.1) is 0 Å². The van der Waals surface area contributed by atoms with E-state index >= 15 is 0 Å². The molecule has 0 saturated heterocycles. The first-order chi connectivity index (χ1) is 8.88. The van der Waals surface area contributed by atoms with E-state index < -0.39 is 10.0 Å². The Morgan fingerprint density at radius 1 is 1.21 bits per heavy atom. The molecule has 0 radical (unpaired) electrons. The van der Waals surface area contributed by atoms with Crippen LogP contribution in [0.5, 0.6) is 0 Å². The third kappa shape index (κ3) is 3.22. The van der Waals surface area contributed by atoms with Crippen molar-refractivity contribution in [3.63, 3.8) is 0 Å². The molecule has 19 heavy (non-hydrogen) atoms. The van der Waals surface area contributed by atoms with Gasteiger partial charge in [-0.3, -0.25) is 4.79 Å². The summed E-state index contributed by atoms with van der Waals surface area (Å²) in [6.07, 6.45) is 1.38. The van der Waals surface area contributed by atoms with Crippen LogP contribution in [0.1, 0.15) is 10.4 Å². The Labute approximate surface area is 117 Å². The van der Waals surface area contributed by atoms with Gasteiger partial charge >= 0.3 is 0 Å². The van der Waals surface area contributed by atoms with Crippen molar-refractivity contribution in [2.24, 2.45) is 5.14 Å². The molecule has 1 amide bonds. The summed E-state index contributed by atoms with van der Waals surface area (Å²) >= 11 is 3.09. The van der Waals surface area contributed by atoms with Crippen LogP contribution in [0.3, 0.4) is 0 Å². The first-order valence-electron chi connectivity index (χ1n) is 5.05. The quantitative estimate of drug-likeness (QED) is 0.887. The summed E-state index contributed by atoms with van der Waals surface area (Å²) < 4.78 is 27.4. The molecule has 0 aliphatic carbocycles. The average Bonchev–Trinajstić information content (AvgIpc) is 2.75. The summed E-state index contributed by atoms with van der Waals surface area (Å²) in [6.45, 7) is 0. The first kappa shape index (κ1) is 13.8. The summed E-state index contributed by atoms with van der Waals surface area (Å²) in [5.74, 6) is -0.371. The van der Waals surface area contributed by atoms with E-state index in [1.807, 2.05) is 0 Å². The number of hydrogen-bond acceptors (Lipinski definition) is 4. The minimum absolute atomic E-state index is 0.0185. The van der Waals surface area contributed by atoms with E-state index in [1.54, 1.807) is 0 Å². The first-order valence-corrected chi connectivity index (χ1v) is 7.39. The molecule has 8 heteroatoms. The lowest BCUT2D eigenvalue weighted by Crippen LogP contribution is -2.13. The number of amides is 1. The monoisotopic (exact) mass is 344 g/mol. The Bertz CT molecular complexity index is 707. The average molecular weight is 345 g/mol. The van der Waals surface area contributed by atoms with Gasteiger partial charge in [-0.1, -0.05) is 0 Å². The van der Waals surface area contributed by atoms with Crippen molar-refractivity contribution in [3.05, 3.63) is 46.8 Å². The predicted molar refractivity (Wildman–Crippen MR) is 72.2 cm³/mol. The smallest absolute Gasteiger partial charge is 0.260 e. The van der Waals surface area contributed by atoms with Gasteiger partial charge in [-0.05, 0) is 46.3 Å². The van der Waals surface area contributed by atoms with Gasteiger partial charge < -0.3 is 9.73 Å². The molecule has 0 bridgehead atoms. The van der Waals surface area contributed by atoms with Gasteiger partial charge in [0.1, 0.15) is 0 Å². The van der Waals surface area contributed by atoms with Crippen LogP contribution < -0.4 is 10.5 Å². The normalized spacial score (nSPS) is 11.3. The number of rotatable bonds is 3. The Hall–Kier alpha value is -1.64. The molecule has 6 nitrogen and oxygen atoms in total. The molecule has 0 atom stereocenters. The van der Waals surface area contributed by atoms with E-state index in [0.717, 1.165) is 0 Å². The van der Waals surface area contributed by atoms with Crippen LogP contribution in [0.25, 0.3) is 0 Å². The zero-order chi connectivity index (χ0) is 14.0. The van der Waals surface area contributed by atoms with Crippen LogP contribution in [-0.4, -0.2) is 14.3 Å². The second-order valence-corrected chi connectivity index (χ2v) is 5.91. The largest absolute Gasteiger partial charge is 0.457 e. The predicted octanol–water partition coefficient (Wildman–Crippen LogP) is 1.94. The van der Waals surface area contributed by atoms with Crippen molar-refractivity contribution >= 4 is 37.5 Å².